The molecule has 2 nitrogen and oxygen atoms in total. The van der Waals surface area contributed by atoms with Crippen molar-refractivity contribution < 1.29 is 9.53 Å². The van der Waals surface area contributed by atoms with E-state index < -0.39 is 0 Å². The van der Waals surface area contributed by atoms with E-state index in [1.165, 1.54) is 6.08 Å². The van der Waals surface area contributed by atoms with Crippen LogP contribution in [0, 0.1) is 22.7 Å². The number of carbonyl (C=O) groups is 1. The Morgan fingerprint density at radius 3 is 1.95 bits per heavy atom. The van der Waals surface area contributed by atoms with Gasteiger partial charge in [0.2, 0.25) is 0 Å². The molecule has 0 radical (unpaired) electrons. The van der Waals surface area contributed by atoms with Crippen LogP contribution in [0.2, 0.25) is 0 Å². The van der Waals surface area contributed by atoms with Crippen LogP contribution in [0.25, 0.3) is 0 Å². The summed E-state index contributed by atoms with van der Waals surface area (Å²) in [6, 6.07) is 0. The Hall–Kier alpha value is -0.790. The van der Waals surface area contributed by atoms with Gasteiger partial charge in [-0.25, -0.2) is 4.79 Å². The summed E-state index contributed by atoms with van der Waals surface area (Å²) in [5.41, 5.74) is 0.354. The zero-order valence-electron chi connectivity index (χ0n) is 14.0. The maximum atomic E-state index is 11.3. The molecule has 0 aromatic heterocycles. The number of carbonyl (C=O) groups excluding carboxylic acids is 1. The molecule has 0 bridgehead atoms. The quantitative estimate of drug-likeness (QED) is 0.509. The first-order valence-corrected chi connectivity index (χ1v) is 7.25. The fourth-order valence-corrected chi connectivity index (χ4v) is 4.23. The summed E-state index contributed by atoms with van der Waals surface area (Å²) in [6.07, 6.45) is 2.02. The van der Waals surface area contributed by atoms with Gasteiger partial charge in [-0.3, -0.25) is 0 Å². The van der Waals surface area contributed by atoms with Crippen molar-refractivity contribution in [2.24, 2.45) is 22.7 Å². The lowest BCUT2D eigenvalue weighted by Gasteiger charge is -2.46. The minimum absolute atomic E-state index is 0.0795. The zero-order chi connectivity index (χ0) is 15.4. The molecule has 0 aliphatic carbocycles. The molecule has 0 aromatic rings. The number of esters is 1. The van der Waals surface area contributed by atoms with Crippen molar-refractivity contribution in [1.29, 1.82) is 0 Å². The van der Waals surface area contributed by atoms with E-state index in [4.69, 9.17) is 4.74 Å². The maximum absolute atomic E-state index is 11.3. The average Bonchev–Trinajstić information content (AvgIpc) is 2.11. The second-order valence-corrected chi connectivity index (χ2v) is 7.73. The molecular formula is C17H32O2. The van der Waals surface area contributed by atoms with Crippen LogP contribution >= 0.6 is 0 Å². The molecule has 2 heteroatoms. The van der Waals surface area contributed by atoms with Crippen LogP contribution in [0.4, 0.5) is 0 Å². The van der Waals surface area contributed by atoms with Crippen LogP contribution in [0.1, 0.15) is 61.8 Å². The van der Waals surface area contributed by atoms with Crippen LogP contribution in [0.3, 0.4) is 0 Å². The Morgan fingerprint density at radius 2 is 1.63 bits per heavy atom. The molecule has 0 heterocycles. The van der Waals surface area contributed by atoms with Gasteiger partial charge in [0.1, 0.15) is 0 Å². The molecule has 0 saturated carbocycles. The normalized spacial score (nSPS) is 16.1. The SMILES string of the molecule is C=CC(=O)OC(C)CC(C)(C)C(C(C)C)C(C)(C)C. The molecule has 0 N–H and O–H groups in total. The smallest absolute Gasteiger partial charge is 0.330 e. The molecule has 2 atom stereocenters. The summed E-state index contributed by atoms with van der Waals surface area (Å²) in [7, 11) is 0. The average molecular weight is 268 g/mol. The third kappa shape index (κ3) is 5.80. The van der Waals surface area contributed by atoms with Crippen LogP contribution < -0.4 is 0 Å². The van der Waals surface area contributed by atoms with E-state index in [-0.39, 0.29) is 22.9 Å². The predicted octanol–water partition coefficient (Wildman–Crippen LogP) is 4.84. The summed E-state index contributed by atoms with van der Waals surface area (Å²) in [5, 5.41) is 0. The Morgan fingerprint density at radius 1 is 1.16 bits per heavy atom. The van der Waals surface area contributed by atoms with E-state index >= 15 is 0 Å². The fourth-order valence-electron chi connectivity index (χ4n) is 4.23. The second kappa shape index (κ2) is 6.58. The first-order chi connectivity index (χ1) is 8.41. The van der Waals surface area contributed by atoms with Gasteiger partial charge in [-0.05, 0) is 36.0 Å². The van der Waals surface area contributed by atoms with Gasteiger partial charge in [-0.15, -0.1) is 0 Å². The lowest BCUT2D eigenvalue weighted by atomic mass is 9.59. The zero-order valence-corrected chi connectivity index (χ0v) is 14.0. The molecule has 112 valence electrons. The molecule has 0 rings (SSSR count). The molecule has 19 heavy (non-hydrogen) atoms. The predicted molar refractivity (Wildman–Crippen MR) is 81.9 cm³/mol. The van der Waals surface area contributed by atoms with Crippen molar-refractivity contribution >= 4 is 5.97 Å². The van der Waals surface area contributed by atoms with E-state index in [0.29, 0.717) is 11.8 Å². The van der Waals surface area contributed by atoms with Crippen LogP contribution in [-0.4, -0.2) is 12.1 Å². The number of rotatable bonds is 6. The number of ether oxygens (including phenoxy) is 1. The third-order valence-corrected chi connectivity index (χ3v) is 3.74. The van der Waals surface area contributed by atoms with Gasteiger partial charge in [-0.2, -0.15) is 0 Å². The number of hydrogen-bond donors (Lipinski definition) is 0. The minimum atomic E-state index is -0.333. The van der Waals surface area contributed by atoms with E-state index in [2.05, 4.69) is 55.0 Å². The maximum Gasteiger partial charge on any atom is 0.330 e. The summed E-state index contributed by atoms with van der Waals surface area (Å²) in [6.45, 7) is 21.4. The van der Waals surface area contributed by atoms with Crippen molar-refractivity contribution in [2.45, 2.75) is 67.9 Å². The fraction of sp³-hybridized carbons (Fsp3) is 0.824. The van der Waals surface area contributed by atoms with E-state index in [1.807, 2.05) is 6.92 Å². The molecule has 0 spiro atoms. The Bertz CT molecular complexity index is 308. The summed E-state index contributed by atoms with van der Waals surface area (Å²) < 4.78 is 5.32. The molecule has 0 aromatic carbocycles. The highest BCUT2D eigenvalue weighted by atomic mass is 16.5. The van der Waals surface area contributed by atoms with Crippen molar-refractivity contribution in [1.82, 2.24) is 0 Å². The van der Waals surface area contributed by atoms with Crippen LogP contribution in [-0.2, 0) is 9.53 Å². The third-order valence-electron chi connectivity index (χ3n) is 3.74. The molecule has 2 unspecified atom stereocenters. The van der Waals surface area contributed by atoms with Gasteiger partial charge < -0.3 is 4.74 Å². The van der Waals surface area contributed by atoms with Gasteiger partial charge >= 0.3 is 5.97 Å². The lowest BCUT2D eigenvalue weighted by molar-refractivity contribution is -0.144. The standard InChI is InChI=1S/C17H32O2/c1-10-14(18)19-13(4)11-17(8,9)15(12(2)3)16(5,6)7/h10,12-13,15H,1,11H2,2-9H3. The van der Waals surface area contributed by atoms with Gasteiger partial charge in [0, 0.05) is 6.08 Å². The lowest BCUT2D eigenvalue weighted by Crippen LogP contribution is -2.40. The Balaban J connectivity index is 4.92. The summed E-state index contributed by atoms with van der Waals surface area (Å²) >= 11 is 0. The highest BCUT2D eigenvalue weighted by Gasteiger charge is 2.40. The Kier molecular flexibility index (Phi) is 6.31. The highest BCUT2D eigenvalue weighted by molar-refractivity contribution is 5.81. The highest BCUT2D eigenvalue weighted by Crippen LogP contribution is 2.47. The van der Waals surface area contributed by atoms with E-state index in [1.54, 1.807) is 0 Å². The largest absolute Gasteiger partial charge is 0.460 e. The van der Waals surface area contributed by atoms with E-state index in [0.717, 1.165) is 6.42 Å². The number of hydrogen-bond acceptors (Lipinski definition) is 2. The monoisotopic (exact) mass is 268 g/mol. The first kappa shape index (κ1) is 18.2. The van der Waals surface area contributed by atoms with Crippen molar-refractivity contribution in [2.75, 3.05) is 0 Å². The molecule has 0 saturated heterocycles. The minimum Gasteiger partial charge on any atom is -0.460 e. The molecule has 0 aliphatic rings. The van der Waals surface area contributed by atoms with Gasteiger partial charge in [-0.1, -0.05) is 55.0 Å². The first-order valence-electron chi connectivity index (χ1n) is 7.25. The van der Waals surface area contributed by atoms with Gasteiger partial charge in [0.05, 0.1) is 6.10 Å². The summed E-state index contributed by atoms with van der Waals surface area (Å²) in [5.74, 6) is 0.822. The van der Waals surface area contributed by atoms with E-state index in [9.17, 15) is 4.79 Å². The van der Waals surface area contributed by atoms with Gasteiger partial charge in [0.25, 0.3) is 0 Å². The summed E-state index contributed by atoms with van der Waals surface area (Å²) in [4.78, 5) is 11.3. The van der Waals surface area contributed by atoms with Crippen LogP contribution in [0.5, 0.6) is 0 Å². The van der Waals surface area contributed by atoms with Crippen molar-refractivity contribution in [3.8, 4) is 0 Å². The van der Waals surface area contributed by atoms with Crippen LogP contribution in [0.15, 0.2) is 12.7 Å². The molecule has 0 aliphatic heterocycles. The van der Waals surface area contributed by atoms with Crippen molar-refractivity contribution in [3.05, 3.63) is 12.7 Å². The topological polar surface area (TPSA) is 26.3 Å². The second-order valence-electron chi connectivity index (χ2n) is 7.73. The Labute approximate surface area is 119 Å². The molecular weight excluding hydrogens is 236 g/mol. The van der Waals surface area contributed by atoms with Gasteiger partial charge in [0.15, 0.2) is 0 Å². The molecule has 0 amide bonds. The van der Waals surface area contributed by atoms with Crippen molar-refractivity contribution in [3.63, 3.8) is 0 Å². The molecule has 0 fully saturated rings.